The lowest BCUT2D eigenvalue weighted by molar-refractivity contribution is -0.119. The highest BCUT2D eigenvalue weighted by molar-refractivity contribution is 7.92. The van der Waals surface area contributed by atoms with Crippen LogP contribution in [-0.4, -0.2) is 49.3 Å². The molecule has 0 atom stereocenters. The van der Waals surface area contributed by atoms with Crippen molar-refractivity contribution in [2.75, 3.05) is 39.3 Å². The van der Waals surface area contributed by atoms with Crippen LogP contribution in [0.5, 0.6) is 23.0 Å². The van der Waals surface area contributed by atoms with E-state index in [1.165, 1.54) is 46.6 Å². The molecular weight excluding hydrogens is 472 g/mol. The van der Waals surface area contributed by atoms with Gasteiger partial charge in [0.25, 0.3) is 10.0 Å². The molecule has 0 saturated carbocycles. The van der Waals surface area contributed by atoms with Crippen molar-refractivity contribution in [2.24, 2.45) is 0 Å². The van der Waals surface area contributed by atoms with Crippen molar-refractivity contribution in [1.29, 1.82) is 0 Å². The predicted molar refractivity (Wildman–Crippen MR) is 132 cm³/mol. The smallest absolute Gasteiger partial charge is 0.264 e. The number of ether oxygens (including phenoxy) is 4. The first-order valence-electron chi connectivity index (χ1n) is 10.6. The average molecular weight is 501 g/mol. The first kappa shape index (κ1) is 25.7. The number of nitrogens with one attached hydrogen (secondary N) is 1. The summed E-state index contributed by atoms with van der Waals surface area (Å²) in [6.07, 6.45) is 0. The molecule has 0 spiro atoms. The number of amides is 1. The third-order valence-electron chi connectivity index (χ3n) is 5.21. The third-order valence-corrected chi connectivity index (χ3v) is 7.00. The fourth-order valence-corrected chi connectivity index (χ4v) is 4.83. The molecule has 0 aliphatic heterocycles. The monoisotopic (exact) mass is 500 g/mol. The fraction of sp³-hybridized carbons (Fsp3) is 0.240. The standard InChI is InChI=1S/C25H28N2O7S/c1-31-21-12-10-18(14-23(21)33-3)16-26-25(28)17-27(35(29,30)20-8-6-5-7-9-20)19-11-13-22(32-2)24(15-19)34-4/h5-15H,16-17H2,1-4H3,(H,26,28). The molecule has 0 radical (unpaired) electrons. The SMILES string of the molecule is COc1ccc(CNC(=O)CN(c2ccc(OC)c(OC)c2)S(=O)(=O)c2ccccc2)cc1OC. The van der Waals surface area contributed by atoms with Crippen molar-refractivity contribution in [3.8, 4) is 23.0 Å². The summed E-state index contributed by atoms with van der Waals surface area (Å²) >= 11 is 0. The molecule has 0 bridgehead atoms. The molecule has 186 valence electrons. The zero-order chi connectivity index (χ0) is 25.4. The van der Waals surface area contributed by atoms with Crippen LogP contribution in [0.4, 0.5) is 5.69 Å². The highest BCUT2D eigenvalue weighted by atomic mass is 32.2. The van der Waals surface area contributed by atoms with E-state index in [-0.39, 0.29) is 17.1 Å². The van der Waals surface area contributed by atoms with E-state index in [1.54, 1.807) is 48.5 Å². The van der Waals surface area contributed by atoms with E-state index in [2.05, 4.69) is 5.32 Å². The van der Waals surface area contributed by atoms with Gasteiger partial charge >= 0.3 is 0 Å². The van der Waals surface area contributed by atoms with E-state index in [0.29, 0.717) is 23.0 Å². The van der Waals surface area contributed by atoms with Crippen LogP contribution in [0.25, 0.3) is 0 Å². The van der Waals surface area contributed by atoms with Gasteiger partial charge in [0.1, 0.15) is 6.54 Å². The predicted octanol–water partition coefficient (Wildman–Crippen LogP) is 3.23. The van der Waals surface area contributed by atoms with Gasteiger partial charge in [-0.1, -0.05) is 24.3 Å². The van der Waals surface area contributed by atoms with Gasteiger partial charge in [0.05, 0.1) is 39.0 Å². The minimum absolute atomic E-state index is 0.0578. The summed E-state index contributed by atoms with van der Waals surface area (Å²) in [5, 5.41) is 2.77. The Morgan fingerprint density at radius 1 is 0.771 bits per heavy atom. The Bertz CT molecular complexity index is 1260. The van der Waals surface area contributed by atoms with Gasteiger partial charge < -0.3 is 24.3 Å². The maximum Gasteiger partial charge on any atom is 0.264 e. The molecule has 3 aromatic carbocycles. The Morgan fingerprint density at radius 3 is 1.94 bits per heavy atom. The number of carbonyl (C=O) groups is 1. The van der Waals surface area contributed by atoms with E-state index < -0.39 is 22.5 Å². The average Bonchev–Trinajstić information content (AvgIpc) is 2.90. The van der Waals surface area contributed by atoms with Crippen LogP contribution in [0.1, 0.15) is 5.56 Å². The Kier molecular flexibility index (Phi) is 8.43. The molecule has 3 rings (SSSR count). The molecule has 0 aliphatic rings. The molecule has 0 unspecified atom stereocenters. The molecule has 0 aromatic heterocycles. The number of benzene rings is 3. The maximum atomic E-state index is 13.5. The second kappa shape index (κ2) is 11.5. The van der Waals surface area contributed by atoms with Crippen molar-refractivity contribution in [3.63, 3.8) is 0 Å². The number of nitrogens with zero attached hydrogens (tertiary/aromatic N) is 1. The molecule has 3 aromatic rings. The van der Waals surface area contributed by atoms with E-state index >= 15 is 0 Å². The lowest BCUT2D eigenvalue weighted by atomic mass is 10.2. The maximum absolute atomic E-state index is 13.5. The topological polar surface area (TPSA) is 103 Å². The molecular formula is C25H28N2O7S. The Hall–Kier alpha value is -3.92. The van der Waals surface area contributed by atoms with Gasteiger partial charge in [-0.15, -0.1) is 0 Å². The summed E-state index contributed by atoms with van der Waals surface area (Å²) in [7, 11) is 1.94. The van der Waals surface area contributed by atoms with Gasteiger partial charge in [-0.05, 0) is 42.0 Å². The van der Waals surface area contributed by atoms with E-state index in [1.807, 2.05) is 0 Å². The fourth-order valence-electron chi connectivity index (χ4n) is 3.39. The molecule has 0 aliphatic carbocycles. The molecule has 1 amide bonds. The van der Waals surface area contributed by atoms with Gasteiger partial charge in [0.15, 0.2) is 23.0 Å². The Morgan fingerprint density at radius 2 is 1.34 bits per heavy atom. The number of sulfonamides is 1. The van der Waals surface area contributed by atoms with Crippen LogP contribution in [0, 0.1) is 0 Å². The zero-order valence-corrected chi connectivity index (χ0v) is 20.8. The van der Waals surface area contributed by atoms with Gasteiger partial charge in [0, 0.05) is 12.6 Å². The van der Waals surface area contributed by atoms with Crippen LogP contribution in [0.2, 0.25) is 0 Å². The number of rotatable bonds is 11. The van der Waals surface area contributed by atoms with Gasteiger partial charge in [-0.25, -0.2) is 8.42 Å². The molecule has 9 nitrogen and oxygen atoms in total. The summed E-state index contributed by atoms with van der Waals surface area (Å²) in [6, 6.07) is 17.8. The van der Waals surface area contributed by atoms with Crippen molar-refractivity contribution < 1.29 is 32.2 Å². The minimum Gasteiger partial charge on any atom is -0.493 e. The lowest BCUT2D eigenvalue weighted by Crippen LogP contribution is -2.40. The second-order valence-electron chi connectivity index (χ2n) is 7.33. The van der Waals surface area contributed by atoms with Crippen molar-refractivity contribution in [2.45, 2.75) is 11.4 Å². The number of hydrogen-bond acceptors (Lipinski definition) is 7. The summed E-state index contributed by atoms with van der Waals surface area (Å²) in [4.78, 5) is 13.0. The molecule has 1 N–H and O–H groups in total. The summed E-state index contributed by atoms with van der Waals surface area (Å²) < 4.78 is 49.1. The zero-order valence-electron chi connectivity index (χ0n) is 20.0. The quantitative estimate of drug-likeness (QED) is 0.431. The van der Waals surface area contributed by atoms with Crippen LogP contribution in [0.3, 0.4) is 0 Å². The van der Waals surface area contributed by atoms with E-state index in [9.17, 15) is 13.2 Å². The number of methoxy groups -OCH3 is 4. The van der Waals surface area contributed by atoms with Crippen LogP contribution < -0.4 is 28.6 Å². The van der Waals surface area contributed by atoms with Crippen LogP contribution in [-0.2, 0) is 21.4 Å². The minimum atomic E-state index is -4.06. The molecule has 0 fully saturated rings. The van der Waals surface area contributed by atoms with E-state index in [0.717, 1.165) is 9.87 Å². The number of hydrogen-bond donors (Lipinski definition) is 1. The van der Waals surface area contributed by atoms with Crippen LogP contribution >= 0.6 is 0 Å². The van der Waals surface area contributed by atoms with Crippen molar-refractivity contribution >= 4 is 21.6 Å². The third kappa shape index (κ3) is 5.96. The molecule has 0 heterocycles. The largest absolute Gasteiger partial charge is 0.493 e. The summed E-state index contributed by atoms with van der Waals surface area (Å²) in [5.41, 5.74) is 1.02. The lowest BCUT2D eigenvalue weighted by Gasteiger charge is -2.25. The van der Waals surface area contributed by atoms with Gasteiger partial charge in [-0.3, -0.25) is 9.10 Å². The normalized spacial score (nSPS) is 10.9. The summed E-state index contributed by atoms with van der Waals surface area (Å²) in [6.45, 7) is -0.273. The molecule has 10 heteroatoms. The number of anilines is 1. The highest BCUT2D eigenvalue weighted by Crippen LogP contribution is 2.34. The summed E-state index contributed by atoms with van der Waals surface area (Å²) in [5.74, 6) is 1.37. The van der Waals surface area contributed by atoms with Crippen molar-refractivity contribution in [3.05, 3.63) is 72.3 Å². The highest BCUT2D eigenvalue weighted by Gasteiger charge is 2.28. The molecule has 35 heavy (non-hydrogen) atoms. The first-order chi connectivity index (χ1) is 16.8. The second-order valence-corrected chi connectivity index (χ2v) is 9.19. The number of carbonyl (C=O) groups excluding carboxylic acids is 1. The Labute approximate surface area is 205 Å². The first-order valence-corrected chi connectivity index (χ1v) is 12.1. The molecule has 0 saturated heterocycles. The van der Waals surface area contributed by atoms with Crippen molar-refractivity contribution in [1.82, 2.24) is 5.32 Å². The van der Waals surface area contributed by atoms with Gasteiger partial charge in [0.2, 0.25) is 5.91 Å². The Balaban J connectivity index is 1.88. The van der Waals surface area contributed by atoms with E-state index in [4.69, 9.17) is 18.9 Å². The van der Waals surface area contributed by atoms with Gasteiger partial charge in [-0.2, -0.15) is 0 Å². The van der Waals surface area contributed by atoms with Crippen LogP contribution in [0.15, 0.2) is 71.6 Å².